The van der Waals surface area contributed by atoms with Crippen molar-refractivity contribution in [2.24, 2.45) is 0 Å². The SMILES string of the molecule is Cc1ccc(C(=O)NCCCn2cc(Br)cn2)cc1[N+](=O)[O-]. The number of carbonyl (C=O) groups is 1. The fraction of sp³-hybridized carbons (Fsp3) is 0.286. The molecule has 0 unspecified atom stereocenters. The van der Waals surface area contributed by atoms with Crippen molar-refractivity contribution in [3.05, 3.63) is 56.3 Å². The van der Waals surface area contributed by atoms with Crippen LogP contribution in [0, 0.1) is 17.0 Å². The maximum Gasteiger partial charge on any atom is 0.273 e. The van der Waals surface area contributed by atoms with E-state index in [2.05, 4.69) is 26.3 Å². The van der Waals surface area contributed by atoms with Gasteiger partial charge in [0.15, 0.2) is 0 Å². The van der Waals surface area contributed by atoms with Crippen LogP contribution in [0.4, 0.5) is 5.69 Å². The Labute approximate surface area is 135 Å². The summed E-state index contributed by atoms with van der Waals surface area (Å²) in [7, 11) is 0. The quantitative estimate of drug-likeness (QED) is 0.483. The molecule has 0 spiro atoms. The Balaban J connectivity index is 1.87. The summed E-state index contributed by atoms with van der Waals surface area (Å²) >= 11 is 3.31. The molecular formula is C14H15BrN4O3. The Morgan fingerprint density at radius 3 is 2.91 bits per heavy atom. The van der Waals surface area contributed by atoms with Crippen molar-refractivity contribution in [2.75, 3.05) is 6.54 Å². The van der Waals surface area contributed by atoms with Crippen LogP contribution in [0.25, 0.3) is 0 Å². The number of nitro benzene ring substituents is 1. The van der Waals surface area contributed by atoms with Crippen molar-refractivity contribution < 1.29 is 9.72 Å². The monoisotopic (exact) mass is 366 g/mol. The van der Waals surface area contributed by atoms with Crippen LogP contribution < -0.4 is 5.32 Å². The van der Waals surface area contributed by atoms with E-state index in [1.54, 1.807) is 29.9 Å². The number of nitrogens with zero attached hydrogens (tertiary/aromatic N) is 3. The lowest BCUT2D eigenvalue weighted by atomic mass is 10.1. The minimum absolute atomic E-state index is 0.0472. The molecule has 0 aliphatic carbocycles. The molecule has 0 bridgehead atoms. The number of nitro groups is 1. The number of aryl methyl sites for hydroxylation is 2. The topological polar surface area (TPSA) is 90.1 Å². The van der Waals surface area contributed by atoms with Crippen LogP contribution in [0.3, 0.4) is 0 Å². The first-order valence-electron chi connectivity index (χ1n) is 6.68. The van der Waals surface area contributed by atoms with E-state index in [0.717, 1.165) is 4.47 Å². The summed E-state index contributed by atoms with van der Waals surface area (Å²) in [6.45, 7) is 2.79. The van der Waals surface area contributed by atoms with Gasteiger partial charge in [-0.1, -0.05) is 6.07 Å². The van der Waals surface area contributed by atoms with Gasteiger partial charge in [0.05, 0.1) is 15.6 Å². The average molecular weight is 367 g/mol. The number of hydrogen-bond acceptors (Lipinski definition) is 4. The lowest BCUT2D eigenvalue weighted by molar-refractivity contribution is -0.385. The predicted molar refractivity (Wildman–Crippen MR) is 84.7 cm³/mol. The second kappa shape index (κ2) is 7.17. The van der Waals surface area contributed by atoms with E-state index < -0.39 is 4.92 Å². The molecule has 1 N–H and O–H groups in total. The molecule has 22 heavy (non-hydrogen) atoms. The van der Waals surface area contributed by atoms with Gasteiger partial charge in [-0.05, 0) is 35.3 Å². The summed E-state index contributed by atoms with van der Waals surface area (Å²) in [4.78, 5) is 22.4. The van der Waals surface area contributed by atoms with Crippen molar-refractivity contribution in [1.82, 2.24) is 15.1 Å². The van der Waals surface area contributed by atoms with Gasteiger partial charge in [0, 0.05) is 36.5 Å². The molecule has 8 heteroatoms. The molecule has 1 amide bonds. The number of hydrogen-bond donors (Lipinski definition) is 1. The maximum atomic E-state index is 12.0. The molecule has 2 aromatic rings. The van der Waals surface area contributed by atoms with Crippen LogP contribution in [0.5, 0.6) is 0 Å². The third-order valence-electron chi connectivity index (χ3n) is 3.12. The summed E-state index contributed by atoms with van der Waals surface area (Å²) in [6, 6.07) is 4.46. The number of amides is 1. The van der Waals surface area contributed by atoms with E-state index in [-0.39, 0.29) is 11.6 Å². The van der Waals surface area contributed by atoms with E-state index >= 15 is 0 Å². The van der Waals surface area contributed by atoms with Crippen LogP contribution in [-0.2, 0) is 6.54 Å². The van der Waals surface area contributed by atoms with Gasteiger partial charge in [-0.15, -0.1) is 0 Å². The largest absolute Gasteiger partial charge is 0.352 e. The summed E-state index contributed by atoms with van der Waals surface area (Å²) in [6.07, 6.45) is 4.27. The summed E-state index contributed by atoms with van der Waals surface area (Å²) < 4.78 is 2.68. The van der Waals surface area contributed by atoms with Crippen LogP contribution in [0.1, 0.15) is 22.3 Å². The minimum Gasteiger partial charge on any atom is -0.352 e. The molecule has 0 aliphatic rings. The predicted octanol–water partition coefficient (Wildman–Crippen LogP) is 2.68. The zero-order chi connectivity index (χ0) is 16.1. The Kier molecular flexibility index (Phi) is 5.26. The van der Waals surface area contributed by atoms with Crippen molar-refractivity contribution in [2.45, 2.75) is 19.9 Å². The smallest absolute Gasteiger partial charge is 0.273 e. The number of halogens is 1. The zero-order valence-electron chi connectivity index (χ0n) is 12.0. The Hall–Kier alpha value is -2.22. The van der Waals surface area contributed by atoms with E-state index in [1.807, 2.05) is 6.20 Å². The number of carbonyl (C=O) groups excluding carboxylic acids is 1. The van der Waals surface area contributed by atoms with E-state index in [0.29, 0.717) is 30.6 Å². The zero-order valence-corrected chi connectivity index (χ0v) is 13.5. The molecule has 1 aromatic carbocycles. The number of aromatic nitrogens is 2. The van der Waals surface area contributed by atoms with Gasteiger partial charge >= 0.3 is 0 Å². The van der Waals surface area contributed by atoms with Gasteiger partial charge in [-0.25, -0.2) is 0 Å². The molecule has 1 aromatic heterocycles. The van der Waals surface area contributed by atoms with Gasteiger partial charge < -0.3 is 5.32 Å². The first-order chi connectivity index (χ1) is 10.5. The lowest BCUT2D eigenvalue weighted by Gasteiger charge is -2.06. The Bertz CT molecular complexity index is 699. The van der Waals surface area contributed by atoms with Gasteiger partial charge in [0.1, 0.15) is 0 Å². The van der Waals surface area contributed by atoms with Gasteiger partial charge in [-0.2, -0.15) is 5.10 Å². The number of nitrogens with one attached hydrogen (secondary N) is 1. The molecule has 1 heterocycles. The first kappa shape index (κ1) is 16.2. The van der Waals surface area contributed by atoms with Crippen LogP contribution in [-0.4, -0.2) is 27.2 Å². The van der Waals surface area contributed by atoms with Gasteiger partial charge in [0.25, 0.3) is 11.6 Å². The highest BCUT2D eigenvalue weighted by molar-refractivity contribution is 9.10. The van der Waals surface area contributed by atoms with Crippen molar-refractivity contribution >= 4 is 27.5 Å². The molecule has 2 rings (SSSR count). The Morgan fingerprint density at radius 2 is 2.27 bits per heavy atom. The third-order valence-corrected chi connectivity index (χ3v) is 3.53. The molecule has 7 nitrogen and oxygen atoms in total. The highest BCUT2D eigenvalue weighted by Crippen LogP contribution is 2.19. The molecule has 0 aliphatic heterocycles. The van der Waals surface area contributed by atoms with Crippen LogP contribution in [0.2, 0.25) is 0 Å². The third kappa shape index (κ3) is 4.14. The highest BCUT2D eigenvalue weighted by Gasteiger charge is 2.14. The molecule has 0 saturated carbocycles. The van der Waals surface area contributed by atoms with Crippen molar-refractivity contribution in [3.8, 4) is 0 Å². The summed E-state index contributed by atoms with van der Waals surface area (Å²) in [5, 5.41) is 17.7. The first-order valence-corrected chi connectivity index (χ1v) is 7.48. The maximum absolute atomic E-state index is 12.0. The van der Waals surface area contributed by atoms with Crippen LogP contribution in [0.15, 0.2) is 35.1 Å². The summed E-state index contributed by atoms with van der Waals surface area (Å²) in [5.41, 5.74) is 0.777. The molecule has 0 atom stereocenters. The second-order valence-corrected chi connectivity index (χ2v) is 5.71. The van der Waals surface area contributed by atoms with Crippen molar-refractivity contribution in [3.63, 3.8) is 0 Å². The van der Waals surface area contributed by atoms with E-state index in [4.69, 9.17) is 0 Å². The standard InChI is InChI=1S/C14H15BrN4O3/c1-10-3-4-11(7-13(10)19(21)22)14(20)16-5-2-6-18-9-12(15)8-17-18/h3-4,7-9H,2,5-6H2,1H3,(H,16,20). The molecule has 116 valence electrons. The van der Waals surface area contributed by atoms with Crippen LogP contribution >= 0.6 is 15.9 Å². The average Bonchev–Trinajstić information content (AvgIpc) is 2.89. The van der Waals surface area contributed by atoms with E-state index in [1.165, 1.54) is 6.07 Å². The minimum atomic E-state index is -0.484. The fourth-order valence-corrected chi connectivity index (χ4v) is 2.28. The number of benzene rings is 1. The fourth-order valence-electron chi connectivity index (χ4n) is 1.95. The molecule has 0 saturated heterocycles. The normalized spacial score (nSPS) is 10.5. The Morgan fingerprint density at radius 1 is 1.50 bits per heavy atom. The lowest BCUT2D eigenvalue weighted by Crippen LogP contribution is -2.25. The van der Waals surface area contributed by atoms with E-state index in [9.17, 15) is 14.9 Å². The molecule has 0 radical (unpaired) electrons. The molecule has 0 fully saturated rings. The highest BCUT2D eigenvalue weighted by atomic mass is 79.9. The molecular weight excluding hydrogens is 352 g/mol. The van der Waals surface area contributed by atoms with Gasteiger partial charge in [-0.3, -0.25) is 19.6 Å². The summed E-state index contributed by atoms with van der Waals surface area (Å²) in [5.74, 6) is -0.315. The van der Waals surface area contributed by atoms with Crippen molar-refractivity contribution in [1.29, 1.82) is 0 Å². The number of rotatable bonds is 6. The second-order valence-electron chi connectivity index (χ2n) is 4.79. The van der Waals surface area contributed by atoms with Gasteiger partial charge in [0.2, 0.25) is 0 Å².